The molecule has 15 heavy (non-hydrogen) atoms. The van der Waals surface area contributed by atoms with Gasteiger partial charge in [-0.3, -0.25) is 0 Å². The van der Waals surface area contributed by atoms with Crippen LogP contribution in [0.5, 0.6) is 0 Å². The molecule has 1 rings (SSSR count). The summed E-state index contributed by atoms with van der Waals surface area (Å²) in [5, 5.41) is 2.67. The molecule has 1 aliphatic carbocycles. The van der Waals surface area contributed by atoms with E-state index in [9.17, 15) is 0 Å². The molecule has 0 aromatic rings. The molecule has 0 bridgehead atoms. The van der Waals surface area contributed by atoms with Gasteiger partial charge in [-0.05, 0) is 38.5 Å². The summed E-state index contributed by atoms with van der Waals surface area (Å²) in [6.07, 6.45) is 11.5. The highest BCUT2D eigenvalue weighted by molar-refractivity contribution is 4.63. The molecule has 1 saturated carbocycles. The first kappa shape index (κ1) is 15.0. The lowest BCUT2D eigenvalue weighted by molar-refractivity contribution is -0.724. The Kier molecular flexibility index (Phi) is 10.4. The average Bonchev–Trinajstić information content (AvgIpc) is 2.32. The number of nitrogens with two attached hydrogens (primary N) is 1. The molecule has 0 heterocycles. The number of hydrogen-bond donors (Lipinski definition) is 1. The van der Waals surface area contributed by atoms with Crippen molar-refractivity contribution in [3.8, 4) is 0 Å². The van der Waals surface area contributed by atoms with E-state index in [0.717, 1.165) is 12.1 Å². The van der Waals surface area contributed by atoms with Gasteiger partial charge >= 0.3 is 0 Å². The van der Waals surface area contributed by atoms with Crippen LogP contribution in [0.2, 0.25) is 0 Å². The standard InChI is InChI=1S/C12H25N.C2H6/c1-3-8-11(4-2)13-12-9-6-5-7-10-12;1-2/h11-13H,3-10H2,1-2H3;1-2H3/p+1. The van der Waals surface area contributed by atoms with Crippen molar-refractivity contribution in [1.29, 1.82) is 0 Å². The molecule has 92 valence electrons. The largest absolute Gasteiger partial charge is 0.341 e. The summed E-state index contributed by atoms with van der Waals surface area (Å²) < 4.78 is 0. The van der Waals surface area contributed by atoms with Crippen LogP contribution in [-0.4, -0.2) is 12.1 Å². The zero-order valence-electron chi connectivity index (χ0n) is 11.4. The Labute approximate surface area is 97.0 Å². The summed E-state index contributed by atoms with van der Waals surface area (Å²) in [7, 11) is 0. The van der Waals surface area contributed by atoms with E-state index >= 15 is 0 Å². The van der Waals surface area contributed by atoms with Gasteiger partial charge in [-0.2, -0.15) is 0 Å². The first-order chi connectivity index (χ1) is 7.36. The third-order valence-electron chi connectivity index (χ3n) is 3.38. The second-order valence-corrected chi connectivity index (χ2v) is 4.55. The maximum Gasteiger partial charge on any atom is 0.0861 e. The second kappa shape index (κ2) is 10.5. The molecule has 0 amide bonds. The van der Waals surface area contributed by atoms with E-state index in [1.807, 2.05) is 13.8 Å². The molecule has 0 saturated heterocycles. The van der Waals surface area contributed by atoms with Crippen LogP contribution in [0.4, 0.5) is 0 Å². The van der Waals surface area contributed by atoms with Gasteiger partial charge in [-0.1, -0.05) is 40.5 Å². The summed E-state index contributed by atoms with van der Waals surface area (Å²) in [6, 6.07) is 1.87. The molecule has 0 radical (unpaired) electrons. The van der Waals surface area contributed by atoms with Crippen molar-refractivity contribution < 1.29 is 5.32 Å². The molecular formula is C14H32N+. The molecule has 1 unspecified atom stereocenters. The second-order valence-electron chi connectivity index (χ2n) is 4.55. The fraction of sp³-hybridized carbons (Fsp3) is 1.00. The smallest absolute Gasteiger partial charge is 0.0861 e. The fourth-order valence-electron chi connectivity index (χ4n) is 2.52. The molecule has 0 aromatic heterocycles. The zero-order valence-corrected chi connectivity index (χ0v) is 11.4. The van der Waals surface area contributed by atoms with E-state index in [0.29, 0.717) is 0 Å². The lowest BCUT2D eigenvalue weighted by Gasteiger charge is -2.24. The van der Waals surface area contributed by atoms with Gasteiger partial charge in [-0.15, -0.1) is 0 Å². The Morgan fingerprint density at radius 2 is 1.67 bits per heavy atom. The Hall–Kier alpha value is -0.0400. The van der Waals surface area contributed by atoms with Gasteiger partial charge < -0.3 is 5.32 Å². The molecule has 1 heteroatoms. The highest BCUT2D eigenvalue weighted by Gasteiger charge is 2.19. The van der Waals surface area contributed by atoms with Gasteiger partial charge in [0.15, 0.2) is 0 Å². The normalized spacial score (nSPS) is 19.2. The third-order valence-corrected chi connectivity index (χ3v) is 3.38. The minimum Gasteiger partial charge on any atom is -0.341 e. The van der Waals surface area contributed by atoms with Crippen LogP contribution in [0.3, 0.4) is 0 Å². The van der Waals surface area contributed by atoms with Crippen LogP contribution in [-0.2, 0) is 0 Å². The van der Waals surface area contributed by atoms with E-state index in [4.69, 9.17) is 0 Å². The Morgan fingerprint density at radius 1 is 1.07 bits per heavy atom. The van der Waals surface area contributed by atoms with Crippen LogP contribution in [0.25, 0.3) is 0 Å². The monoisotopic (exact) mass is 214 g/mol. The number of quaternary nitrogens is 1. The first-order valence-electron chi connectivity index (χ1n) is 7.21. The summed E-state index contributed by atoms with van der Waals surface area (Å²) >= 11 is 0. The molecule has 1 nitrogen and oxygen atoms in total. The SMILES string of the molecule is CC.CCCC(CC)[NH2+]C1CCCCC1. The minimum atomic E-state index is 0.910. The van der Waals surface area contributed by atoms with E-state index in [2.05, 4.69) is 19.2 Å². The molecule has 1 aliphatic rings. The van der Waals surface area contributed by atoms with Crippen molar-refractivity contribution in [1.82, 2.24) is 0 Å². The summed E-state index contributed by atoms with van der Waals surface area (Å²) in [5.41, 5.74) is 0. The van der Waals surface area contributed by atoms with Gasteiger partial charge in [0.2, 0.25) is 0 Å². The Morgan fingerprint density at radius 3 is 2.13 bits per heavy atom. The van der Waals surface area contributed by atoms with E-state index in [-0.39, 0.29) is 0 Å². The summed E-state index contributed by atoms with van der Waals surface area (Å²) in [5.74, 6) is 0. The molecular weight excluding hydrogens is 182 g/mol. The van der Waals surface area contributed by atoms with Crippen LogP contribution >= 0.6 is 0 Å². The molecule has 2 N–H and O–H groups in total. The highest BCUT2D eigenvalue weighted by atomic mass is 14.9. The van der Waals surface area contributed by atoms with E-state index < -0.39 is 0 Å². The lowest BCUT2D eigenvalue weighted by atomic mass is 9.94. The maximum absolute atomic E-state index is 2.67. The van der Waals surface area contributed by atoms with Crippen molar-refractivity contribution in [3.63, 3.8) is 0 Å². The van der Waals surface area contributed by atoms with Crippen LogP contribution in [0, 0.1) is 0 Å². The van der Waals surface area contributed by atoms with Gasteiger partial charge in [0.05, 0.1) is 12.1 Å². The predicted molar refractivity (Wildman–Crippen MR) is 69.1 cm³/mol. The molecule has 0 spiro atoms. The van der Waals surface area contributed by atoms with Crippen molar-refractivity contribution in [2.45, 2.75) is 91.1 Å². The van der Waals surface area contributed by atoms with Gasteiger partial charge in [0.25, 0.3) is 0 Å². The quantitative estimate of drug-likeness (QED) is 0.721. The molecule has 0 aliphatic heterocycles. The Balaban J connectivity index is 0.000000921. The Bertz CT molecular complexity index is 114. The number of hydrogen-bond acceptors (Lipinski definition) is 0. The highest BCUT2D eigenvalue weighted by Crippen LogP contribution is 2.15. The zero-order chi connectivity index (χ0) is 11.5. The van der Waals surface area contributed by atoms with Crippen molar-refractivity contribution in [2.24, 2.45) is 0 Å². The fourth-order valence-corrected chi connectivity index (χ4v) is 2.52. The van der Waals surface area contributed by atoms with Crippen molar-refractivity contribution >= 4 is 0 Å². The summed E-state index contributed by atoms with van der Waals surface area (Å²) in [4.78, 5) is 0. The van der Waals surface area contributed by atoms with Gasteiger partial charge in [-0.25, -0.2) is 0 Å². The van der Waals surface area contributed by atoms with Gasteiger partial charge in [0.1, 0.15) is 0 Å². The average molecular weight is 214 g/mol. The first-order valence-corrected chi connectivity index (χ1v) is 7.21. The topological polar surface area (TPSA) is 16.6 Å². The van der Waals surface area contributed by atoms with Crippen LogP contribution in [0.15, 0.2) is 0 Å². The van der Waals surface area contributed by atoms with Crippen molar-refractivity contribution in [3.05, 3.63) is 0 Å². The third kappa shape index (κ3) is 6.94. The van der Waals surface area contributed by atoms with Crippen LogP contribution in [0.1, 0.15) is 79.1 Å². The van der Waals surface area contributed by atoms with Gasteiger partial charge in [0, 0.05) is 0 Å². The summed E-state index contributed by atoms with van der Waals surface area (Å²) in [6.45, 7) is 8.64. The molecule has 0 aromatic carbocycles. The maximum atomic E-state index is 2.67. The van der Waals surface area contributed by atoms with E-state index in [1.165, 1.54) is 51.4 Å². The molecule has 1 fully saturated rings. The number of rotatable bonds is 5. The van der Waals surface area contributed by atoms with Crippen molar-refractivity contribution in [2.75, 3.05) is 0 Å². The van der Waals surface area contributed by atoms with E-state index in [1.54, 1.807) is 0 Å². The molecule has 1 atom stereocenters. The van der Waals surface area contributed by atoms with Crippen LogP contribution < -0.4 is 5.32 Å². The minimum absolute atomic E-state index is 0.910. The lowest BCUT2D eigenvalue weighted by Crippen LogP contribution is -2.95. The predicted octanol–water partition coefficient (Wildman–Crippen LogP) is 3.49.